The lowest BCUT2D eigenvalue weighted by atomic mass is 10.0. The van der Waals surface area contributed by atoms with Crippen LogP contribution in [0.3, 0.4) is 0 Å². The lowest BCUT2D eigenvalue weighted by molar-refractivity contribution is -0.118. The van der Waals surface area contributed by atoms with E-state index in [2.05, 4.69) is 39.2 Å². The minimum atomic E-state index is -0.0712. The van der Waals surface area contributed by atoms with Gasteiger partial charge in [0.05, 0.1) is 24.8 Å². The lowest BCUT2D eigenvalue weighted by Gasteiger charge is -2.33. The van der Waals surface area contributed by atoms with Gasteiger partial charge in [-0.3, -0.25) is 9.69 Å². The molecule has 1 fully saturated rings. The molecule has 4 heterocycles. The molecule has 2 aromatic heterocycles. The zero-order chi connectivity index (χ0) is 20.5. The van der Waals surface area contributed by atoms with Crippen molar-refractivity contribution < 1.29 is 9.53 Å². The number of carbonyl (C=O) groups is 1. The van der Waals surface area contributed by atoms with Gasteiger partial charge in [-0.15, -0.1) is 11.3 Å². The van der Waals surface area contributed by atoms with Gasteiger partial charge in [-0.25, -0.2) is 0 Å². The summed E-state index contributed by atoms with van der Waals surface area (Å²) in [6, 6.07) is 4.69. The highest BCUT2D eigenvalue weighted by Crippen LogP contribution is 2.33. The second-order valence-electron chi connectivity index (χ2n) is 8.04. The number of rotatable bonds is 5. The van der Waals surface area contributed by atoms with E-state index in [9.17, 15) is 10.1 Å². The molecule has 154 valence electrons. The van der Waals surface area contributed by atoms with Crippen LogP contribution in [0.25, 0.3) is 0 Å². The van der Waals surface area contributed by atoms with Crippen molar-refractivity contribution >= 4 is 23.1 Å². The molecule has 0 aromatic carbocycles. The molecule has 0 bridgehead atoms. The molecule has 0 radical (unpaired) electrons. The van der Waals surface area contributed by atoms with Crippen molar-refractivity contribution in [3.8, 4) is 6.07 Å². The molecular formula is C22H28N4O2S. The Morgan fingerprint density at radius 2 is 2.28 bits per heavy atom. The second kappa shape index (κ2) is 8.31. The Morgan fingerprint density at radius 1 is 1.45 bits per heavy atom. The van der Waals surface area contributed by atoms with Crippen molar-refractivity contribution in [1.82, 2.24) is 9.47 Å². The van der Waals surface area contributed by atoms with E-state index in [4.69, 9.17) is 4.74 Å². The maximum atomic E-state index is 13.0. The molecule has 6 nitrogen and oxygen atoms in total. The highest BCUT2D eigenvalue weighted by atomic mass is 32.1. The van der Waals surface area contributed by atoms with Gasteiger partial charge in [0, 0.05) is 29.8 Å². The molecule has 2 aliphatic rings. The van der Waals surface area contributed by atoms with Gasteiger partial charge < -0.3 is 14.6 Å². The molecule has 0 aliphatic carbocycles. The van der Waals surface area contributed by atoms with Crippen LogP contribution in [0, 0.1) is 25.2 Å². The summed E-state index contributed by atoms with van der Waals surface area (Å²) >= 11 is 1.80. The highest BCUT2D eigenvalue weighted by Gasteiger charge is 2.28. The van der Waals surface area contributed by atoms with E-state index in [0.717, 1.165) is 43.7 Å². The summed E-state index contributed by atoms with van der Waals surface area (Å²) in [4.78, 5) is 16.6. The van der Waals surface area contributed by atoms with Crippen molar-refractivity contribution in [3.63, 3.8) is 0 Å². The molecule has 29 heavy (non-hydrogen) atoms. The second-order valence-corrected chi connectivity index (χ2v) is 9.04. The Balaban J connectivity index is 1.52. The third-order valence-electron chi connectivity index (χ3n) is 6.36. The Kier molecular flexibility index (Phi) is 5.77. The molecule has 0 spiro atoms. The van der Waals surface area contributed by atoms with Gasteiger partial charge in [0.2, 0.25) is 5.91 Å². The molecule has 4 rings (SSSR count). The smallest absolute Gasteiger partial charge is 0.239 e. The largest absolute Gasteiger partial charge is 0.376 e. The number of nitrogens with zero attached hydrogens (tertiary/aromatic N) is 3. The number of hydrogen-bond donors (Lipinski definition) is 1. The van der Waals surface area contributed by atoms with Crippen LogP contribution in [0.5, 0.6) is 0 Å². The molecule has 2 aliphatic heterocycles. The first-order chi connectivity index (χ1) is 14.0. The van der Waals surface area contributed by atoms with Crippen LogP contribution in [0.1, 0.15) is 53.1 Å². The first-order valence-electron chi connectivity index (χ1n) is 10.3. The summed E-state index contributed by atoms with van der Waals surface area (Å²) in [5.41, 5.74) is 3.83. The number of nitriles is 1. The van der Waals surface area contributed by atoms with E-state index in [1.807, 2.05) is 13.8 Å². The minimum Gasteiger partial charge on any atom is -0.376 e. The summed E-state index contributed by atoms with van der Waals surface area (Å²) in [6.07, 6.45) is 3.21. The van der Waals surface area contributed by atoms with E-state index in [-0.39, 0.29) is 18.1 Å². The monoisotopic (exact) mass is 412 g/mol. The van der Waals surface area contributed by atoms with Gasteiger partial charge in [-0.1, -0.05) is 0 Å². The fourth-order valence-corrected chi connectivity index (χ4v) is 5.45. The topological polar surface area (TPSA) is 70.3 Å². The van der Waals surface area contributed by atoms with Crippen LogP contribution in [-0.4, -0.2) is 41.2 Å². The predicted molar refractivity (Wildman–Crippen MR) is 114 cm³/mol. The number of hydrogen-bond acceptors (Lipinski definition) is 5. The molecule has 2 atom stereocenters. The van der Waals surface area contributed by atoms with Gasteiger partial charge >= 0.3 is 0 Å². The third kappa shape index (κ3) is 3.85. The standard InChI is InChI=1S/C22H28N4O2S/c1-14-15(2)26(12-17-5-4-9-28-17)22(19(14)11-23)24-21(27)13-25-8-6-20-18(16(25)3)7-10-29-20/h7,10,16-17H,4-6,8-9,12-13H2,1-3H3,(H,24,27)/t16-,17-/m0/s1. The third-order valence-corrected chi connectivity index (χ3v) is 7.36. The summed E-state index contributed by atoms with van der Waals surface area (Å²) in [5, 5.41) is 14.9. The number of carbonyl (C=O) groups excluding carboxylic acids is 1. The van der Waals surface area contributed by atoms with E-state index < -0.39 is 0 Å². The lowest BCUT2D eigenvalue weighted by Crippen LogP contribution is -2.39. The Bertz CT molecular complexity index is 949. The first-order valence-corrected chi connectivity index (χ1v) is 11.2. The van der Waals surface area contributed by atoms with Crippen molar-refractivity contribution in [2.75, 3.05) is 25.0 Å². The van der Waals surface area contributed by atoms with Gasteiger partial charge in [0.15, 0.2) is 0 Å². The minimum absolute atomic E-state index is 0.0712. The van der Waals surface area contributed by atoms with E-state index in [0.29, 0.717) is 24.5 Å². The average molecular weight is 413 g/mol. The molecular weight excluding hydrogens is 384 g/mol. The van der Waals surface area contributed by atoms with E-state index in [1.165, 1.54) is 10.4 Å². The molecule has 1 amide bonds. The van der Waals surface area contributed by atoms with E-state index in [1.54, 1.807) is 11.3 Å². The maximum Gasteiger partial charge on any atom is 0.239 e. The highest BCUT2D eigenvalue weighted by molar-refractivity contribution is 7.10. The molecule has 0 saturated carbocycles. The quantitative estimate of drug-likeness (QED) is 0.811. The number of thiophene rings is 1. The number of fused-ring (bicyclic) bond motifs is 1. The summed E-state index contributed by atoms with van der Waals surface area (Å²) in [5.74, 6) is 0.544. The van der Waals surface area contributed by atoms with Crippen molar-refractivity contribution in [3.05, 3.63) is 38.7 Å². The van der Waals surface area contributed by atoms with Crippen molar-refractivity contribution in [2.24, 2.45) is 0 Å². The normalized spacial score (nSPS) is 21.7. The zero-order valence-corrected chi connectivity index (χ0v) is 18.1. The molecule has 7 heteroatoms. The number of amides is 1. The number of nitrogens with one attached hydrogen (secondary N) is 1. The first kappa shape index (κ1) is 20.1. The summed E-state index contributed by atoms with van der Waals surface area (Å²) in [6.45, 7) is 8.77. The molecule has 0 unspecified atom stereocenters. The van der Waals surface area contributed by atoms with Crippen molar-refractivity contribution in [2.45, 2.75) is 58.7 Å². The average Bonchev–Trinajstić information content (AvgIpc) is 3.42. The van der Waals surface area contributed by atoms with Gasteiger partial charge in [0.25, 0.3) is 0 Å². The van der Waals surface area contributed by atoms with Gasteiger partial charge in [-0.05, 0) is 62.6 Å². The van der Waals surface area contributed by atoms with Crippen LogP contribution in [0.15, 0.2) is 11.4 Å². The number of ether oxygens (including phenoxy) is 1. The van der Waals surface area contributed by atoms with Crippen LogP contribution in [0.2, 0.25) is 0 Å². The van der Waals surface area contributed by atoms with Crippen LogP contribution in [-0.2, 0) is 22.5 Å². The summed E-state index contributed by atoms with van der Waals surface area (Å²) in [7, 11) is 0. The fourth-order valence-electron chi connectivity index (χ4n) is 4.48. The van der Waals surface area contributed by atoms with Gasteiger partial charge in [-0.2, -0.15) is 5.26 Å². The molecule has 1 saturated heterocycles. The number of aromatic nitrogens is 1. The van der Waals surface area contributed by atoms with Crippen LogP contribution in [0.4, 0.5) is 5.82 Å². The van der Waals surface area contributed by atoms with Crippen LogP contribution >= 0.6 is 11.3 Å². The Morgan fingerprint density at radius 3 is 3.00 bits per heavy atom. The SMILES string of the molecule is Cc1c(C#N)c(NC(=O)CN2CCc3sccc3[C@@H]2C)n(C[C@@H]2CCCO2)c1C. The zero-order valence-electron chi connectivity index (χ0n) is 17.3. The fraction of sp³-hybridized carbons (Fsp3) is 0.545. The molecule has 2 aromatic rings. The van der Waals surface area contributed by atoms with Crippen molar-refractivity contribution in [1.29, 1.82) is 5.26 Å². The summed E-state index contributed by atoms with van der Waals surface area (Å²) < 4.78 is 7.85. The Labute approximate surface area is 176 Å². The number of anilines is 1. The molecule has 1 N–H and O–H groups in total. The van der Waals surface area contributed by atoms with E-state index >= 15 is 0 Å². The van der Waals surface area contributed by atoms with Gasteiger partial charge in [0.1, 0.15) is 11.9 Å². The predicted octanol–water partition coefficient (Wildman–Crippen LogP) is 3.77. The van der Waals surface area contributed by atoms with Crippen LogP contribution < -0.4 is 5.32 Å². The maximum absolute atomic E-state index is 13.0. The Hall–Kier alpha value is -2.14.